The van der Waals surface area contributed by atoms with Crippen LogP contribution in [0.1, 0.15) is 11.6 Å². The Morgan fingerprint density at radius 2 is 2.00 bits per heavy atom. The lowest BCUT2D eigenvalue weighted by atomic mass is 10.2. The predicted molar refractivity (Wildman–Crippen MR) is 76.1 cm³/mol. The Labute approximate surface area is 138 Å². The van der Waals surface area contributed by atoms with Crippen LogP contribution in [0, 0.1) is 0 Å². The zero-order chi connectivity index (χ0) is 17.2. The SMILES string of the molecule is FC(F)(F)c1nc(-c2ccnc(OCc3ncccc3Cl)c2)no1. The van der Waals surface area contributed by atoms with Crippen molar-refractivity contribution < 1.29 is 22.4 Å². The van der Waals surface area contributed by atoms with E-state index in [0.29, 0.717) is 10.7 Å². The summed E-state index contributed by atoms with van der Waals surface area (Å²) < 4.78 is 47.1. The zero-order valence-corrected chi connectivity index (χ0v) is 12.5. The van der Waals surface area contributed by atoms with Gasteiger partial charge in [0.05, 0.1) is 10.7 Å². The van der Waals surface area contributed by atoms with Crippen LogP contribution in [0.5, 0.6) is 5.88 Å². The van der Waals surface area contributed by atoms with Gasteiger partial charge in [0.1, 0.15) is 6.61 Å². The monoisotopic (exact) mass is 356 g/mol. The maximum absolute atomic E-state index is 12.5. The second kappa shape index (κ2) is 6.44. The molecule has 24 heavy (non-hydrogen) atoms. The largest absolute Gasteiger partial charge is 0.471 e. The maximum atomic E-state index is 12.5. The first-order chi connectivity index (χ1) is 11.4. The molecule has 0 saturated carbocycles. The van der Waals surface area contributed by atoms with Crippen LogP contribution in [0.2, 0.25) is 5.02 Å². The first-order valence-electron chi connectivity index (χ1n) is 6.53. The Morgan fingerprint density at radius 3 is 2.71 bits per heavy atom. The van der Waals surface area contributed by atoms with Crippen molar-refractivity contribution >= 4 is 11.6 Å². The molecule has 0 aliphatic rings. The third-order valence-electron chi connectivity index (χ3n) is 2.85. The lowest BCUT2D eigenvalue weighted by Gasteiger charge is -2.06. The van der Waals surface area contributed by atoms with Gasteiger partial charge in [-0.2, -0.15) is 18.2 Å². The number of ether oxygens (including phenoxy) is 1. The minimum atomic E-state index is -4.70. The molecule has 0 spiro atoms. The average Bonchev–Trinajstić information content (AvgIpc) is 3.05. The molecule has 0 unspecified atom stereocenters. The molecule has 3 aromatic heterocycles. The minimum absolute atomic E-state index is 0.0518. The van der Waals surface area contributed by atoms with Crippen LogP contribution < -0.4 is 4.74 Å². The second-order valence-electron chi connectivity index (χ2n) is 4.52. The van der Waals surface area contributed by atoms with E-state index in [2.05, 4.69) is 24.6 Å². The topological polar surface area (TPSA) is 73.9 Å². The molecular formula is C14H8ClF3N4O2. The van der Waals surface area contributed by atoms with Gasteiger partial charge >= 0.3 is 12.1 Å². The normalized spacial score (nSPS) is 11.5. The van der Waals surface area contributed by atoms with Crippen LogP contribution in [-0.2, 0) is 12.8 Å². The highest BCUT2D eigenvalue weighted by Gasteiger charge is 2.38. The fraction of sp³-hybridized carbons (Fsp3) is 0.143. The average molecular weight is 357 g/mol. The highest BCUT2D eigenvalue weighted by Crippen LogP contribution is 2.29. The first kappa shape index (κ1) is 16.2. The number of rotatable bonds is 4. The van der Waals surface area contributed by atoms with E-state index in [4.69, 9.17) is 16.3 Å². The molecule has 0 fully saturated rings. The highest BCUT2D eigenvalue weighted by atomic mass is 35.5. The molecule has 10 heteroatoms. The van der Waals surface area contributed by atoms with Crippen molar-refractivity contribution in [3.63, 3.8) is 0 Å². The van der Waals surface area contributed by atoms with E-state index in [-0.39, 0.29) is 23.9 Å². The minimum Gasteiger partial charge on any atom is -0.471 e. The van der Waals surface area contributed by atoms with Crippen LogP contribution in [0.4, 0.5) is 13.2 Å². The fourth-order valence-electron chi connectivity index (χ4n) is 1.75. The number of pyridine rings is 2. The van der Waals surface area contributed by atoms with Gasteiger partial charge in [0.25, 0.3) is 0 Å². The second-order valence-corrected chi connectivity index (χ2v) is 4.93. The predicted octanol–water partition coefficient (Wildman–Crippen LogP) is 3.78. The Kier molecular flexibility index (Phi) is 4.34. The van der Waals surface area contributed by atoms with Crippen molar-refractivity contribution in [1.29, 1.82) is 0 Å². The standard InChI is InChI=1S/C14H8ClF3N4O2/c15-9-2-1-4-19-10(9)7-23-11-6-8(3-5-20-11)12-21-13(24-22-12)14(16,17)18/h1-6H,7H2. The third-order valence-corrected chi connectivity index (χ3v) is 3.20. The Hall–Kier alpha value is -2.68. The van der Waals surface area contributed by atoms with E-state index in [1.807, 2.05) is 0 Å². The number of nitrogens with zero attached hydrogens (tertiary/aromatic N) is 4. The third kappa shape index (κ3) is 3.62. The van der Waals surface area contributed by atoms with E-state index >= 15 is 0 Å². The van der Waals surface area contributed by atoms with Gasteiger partial charge in [-0.05, 0) is 18.2 Å². The van der Waals surface area contributed by atoms with Crippen molar-refractivity contribution in [1.82, 2.24) is 20.1 Å². The molecule has 3 aromatic rings. The van der Waals surface area contributed by atoms with Gasteiger partial charge in [-0.3, -0.25) is 4.98 Å². The van der Waals surface area contributed by atoms with E-state index in [9.17, 15) is 13.2 Å². The number of hydrogen-bond acceptors (Lipinski definition) is 6. The molecule has 0 aliphatic heterocycles. The summed E-state index contributed by atoms with van der Waals surface area (Å²) in [5.74, 6) is -1.48. The van der Waals surface area contributed by atoms with Crippen molar-refractivity contribution in [3.05, 3.63) is 53.3 Å². The van der Waals surface area contributed by atoms with Gasteiger partial charge in [-0.1, -0.05) is 16.8 Å². The number of alkyl halides is 3. The smallest absolute Gasteiger partial charge is 0.471 e. The summed E-state index contributed by atoms with van der Waals surface area (Å²) in [6.45, 7) is 0.0518. The summed E-state index contributed by atoms with van der Waals surface area (Å²) in [4.78, 5) is 11.3. The van der Waals surface area contributed by atoms with Crippen molar-refractivity contribution in [2.24, 2.45) is 0 Å². The van der Waals surface area contributed by atoms with E-state index in [1.165, 1.54) is 18.3 Å². The summed E-state index contributed by atoms with van der Waals surface area (Å²) in [5, 5.41) is 3.74. The molecule has 0 aliphatic carbocycles. The van der Waals surface area contributed by atoms with Crippen LogP contribution in [0.25, 0.3) is 11.4 Å². The van der Waals surface area contributed by atoms with Gasteiger partial charge in [0.2, 0.25) is 11.7 Å². The highest BCUT2D eigenvalue weighted by molar-refractivity contribution is 6.31. The number of hydrogen-bond donors (Lipinski definition) is 0. The van der Waals surface area contributed by atoms with Crippen molar-refractivity contribution in [2.45, 2.75) is 12.8 Å². The lowest BCUT2D eigenvalue weighted by molar-refractivity contribution is -0.159. The van der Waals surface area contributed by atoms with Gasteiger partial charge < -0.3 is 9.26 Å². The molecule has 0 N–H and O–H groups in total. The summed E-state index contributed by atoms with van der Waals surface area (Å²) in [5.41, 5.74) is 0.775. The molecule has 124 valence electrons. The zero-order valence-electron chi connectivity index (χ0n) is 11.8. The van der Waals surface area contributed by atoms with Gasteiger partial charge in [-0.25, -0.2) is 4.98 Å². The van der Waals surface area contributed by atoms with Crippen molar-refractivity contribution in [2.75, 3.05) is 0 Å². The molecule has 0 aromatic carbocycles. The maximum Gasteiger partial charge on any atom is 0.471 e. The molecule has 0 amide bonds. The molecule has 0 saturated heterocycles. The van der Waals surface area contributed by atoms with Crippen LogP contribution in [0.15, 0.2) is 41.2 Å². The fourth-order valence-corrected chi connectivity index (χ4v) is 1.93. The number of halogens is 4. The summed E-state index contributed by atoms with van der Waals surface area (Å²) in [6, 6.07) is 6.17. The summed E-state index contributed by atoms with van der Waals surface area (Å²) >= 11 is 5.96. The van der Waals surface area contributed by atoms with Crippen LogP contribution >= 0.6 is 11.6 Å². The Bertz CT molecular complexity index is 854. The van der Waals surface area contributed by atoms with Gasteiger partial charge in [0, 0.05) is 24.0 Å². The van der Waals surface area contributed by atoms with E-state index < -0.39 is 12.1 Å². The Balaban J connectivity index is 1.77. The Morgan fingerprint density at radius 1 is 1.17 bits per heavy atom. The molecule has 0 radical (unpaired) electrons. The molecular weight excluding hydrogens is 349 g/mol. The van der Waals surface area contributed by atoms with E-state index in [1.54, 1.807) is 18.3 Å². The lowest BCUT2D eigenvalue weighted by Crippen LogP contribution is -2.04. The molecule has 6 nitrogen and oxygen atoms in total. The van der Waals surface area contributed by atoms with Gasteiger partial charge in [-0.15, -0.1) is 0 Å². The van der Waals surface area contributed by atoms with E-state index in [0.717, 1.165) is 0 Å². The van der Waals surface area contributed by atoms with Crippen molar-refractivity contribution in [3.8, 4) is 17.3 Å². The summed E-state index contributed by atoms with van der Waals surface area (Å²) in [6.07, 6.45) is -1.78. The van der Waals surface area contributed by atoms with Gasteiger partial charge in [0.15, 0.2) is 0 Å². The molecule has 3 heterocycles. The first-order valence-corrected chi connectivity index (χ1v) is 6.91. The van der Waals surface area contributed by atoms with Crippen LogP contribution in [-0.4, -0.2) is 20.1 Å². The van der Waals surface area contributed by atoms with Crippen LogP contribution in [0.3, 0.4) is 0 Å². The summed E-state index contributed by atoms with van der Waals surface area (Å²) in [7, 11) is 0. The number of aromatic nitrogens is 4. The molecule has 3 rings (SSSR count). The quantitative estimate of drug-likeness (QED) is 0.708. The molecule has 0 atom stereocenters. The molecule has 0 bridgehead atoms.